The predicted octanol–water partition coefficient (Wildman–Crippen LogP) is 6.57. The Labute approximate surface area is 251 Å². The highest BCUT2D eigenvalue weighted by Gasteiger charge is 2.33. The number of nitrogens with zero attached hydrogens (tertiary/aromatic N) is 2. The van der Waals surface area contributed by atoms with Crippen LogP contribution in [0.4, 0.5) is 5.69 Å². The average Bonchev–Trinajstić information content (AvgIpc) is 2.93. The first kappa shape index (κ1) is 31.7. The topological polar surface area (TPSA) is 86.8 Å². The molecular weight excluding hydrogens is 593 g/mol. The zero-order valence-electron chi connectivity index (χ0n) is 22.3. The Morgan fingerprint density at radius 2 is 1.55 bits per heavy atom. The van der Waals surface area contributed by atoms with Crippen LogP contribution in [0, 0.1) is 0 Å². The summed E-state index contributed by atoms with van der Waals surface area (Å²) in [6, 6.07) is 18.0. The van der Waals surface area contributed by atoms with E-state index in [4.69, 9.17) is 34.8 Å². The van der Waals surface area contributed by atoms with Crippen LogP contribution in [0.3, 0.4) is 0 Å². The largest absolute Gasteiger partial charge is 0.354 e. The van der Waals surface area contributed by atoms with Crippen LogP contribution in [-0.2, 0) is 26.2 Å². The highest BCUT2D eigenvalue weighted by Crippen LogP contribution is 2.27. The lowest BCUT2D eigenvalue weighted by molar-refractivity contribution is -0.140. The van der Waals surface area contributed by atoms with E-state index in [2.05, 4.69) is 5.32 Å². The number of hydrogen-bond acceptors (Lipinski definition) is 4. The molecule has 1 N–H and O–H groups in total. The number of hydrogen-bond donors (Lipinski definition) is 1. The fraction of sp³-hybridized carbons (Fsp3) is 0.310. The maximum atomic E-state index is 14.0. The lowest BCUT2D eigenvalue weighted by atomic mass is 10.1. The molecule has 0 heterocycles. The molecule has 40 heavy (non-hydrogen) atoms. The maximum Gasteiger partial charge on any atom is 0.264 e. The molecule has 0 aliphatic carbocycles. The van der Waals surface area contributed by atoms with Gasteiger partial charge < -0.3 is 10.2 Å². The van der Waals surface area contributed by atoms with Gasteiger partial charge in [0.1, 0.15) is 12.6 Å². The quantitative estimate of drug-likeness (QED) is 0.218. The Bertz CT molecular complexity index is 1400. The van der Waals surface area contributed by atoms with Gasteiger partial charge in [-0.3, -0.25) is 13.9 Å². The molecule has 1 atom stereocenters. The van der Waals surface area contributed by atoms with Crippen molar-refractivity contribution in [3.05, 3.63) is 93.4 Å². The summed E-state index contributed by atoms with van der Waals surface area (Å²) in [7, 11) is -4.15. The van der Waals surface area contributed by atoms with Gasteiger partial charge in [0.15, 0.2) is 0 Å². The molecule has 0 aromatic heterocycles. The van der Waals surface area contributed by atoms with Crippen LogP contribution in [0.2, 0.25) is 15.1 Å². The number of halogens is 3. The molecule has 11 heteroatoms. The summed E-state index contributed by atoms with van der Waals surface area (Å²) >= 11 is 18.6. The number of amides is 2. The first-order valence-corrected chi connectivity index (χ1v) is 15.5. The van der Waals surface area contributed by atoms with Crippen LogP contribution >= 0.6 is 34.8 Å². The van der Waals surface area contributed by atoms with Gasteiger partial charge in [0.2, 0.25) is 11.8 Å². The number of unbranched alkanes of at least 4 members (excludes halogenated alkanes) is 1. The molecule has 0 unspecified atom stereocenters. The highest BCUT2D eigenvalue weighted by molar-refractivity contribution is 7.92. The second-order valence-electron chi connectivity index (χ2n) is 9.13. The highest BCUT2D eigenvalue weighted by atomic mass is 35.5. The molecule has 214 valence electrons. The molecule has 0 aliphatic heterocycles. The summed E-state index contributed by atoms with van der Waals surface area (Å²) in [5.41, 5.74) is 0.828. The summed E-state index contributed by atoms with van der Waals surface area (Å²) in [6.45, 7) is 3.71. The van der Waals surface area contributed by atoms with Crippen molar-refractivity contribution in [1.29, 1.82) is 0 Å². The van der Waals surface area contributed by atoms with Gasteiger partial charge in [-0.25, -0.2) is 8.42 Å². The van der Waals surface area contributed by atoms with E-state index in [0.717, 1.165) is 17.1 Å². The summed E-state index contributed by atoms with van der Waals surface area (Å²) in [4.78, 5) is 28.7. The van der Waals surface area contributed by atoms with Gasteiger partial charge in [0.05, 0.1) is 10.6 Å². The Kier molecular flexibility index (Phi) is 11.7. The monoisotopic (exact) mass is 623 g/mol. The van der Waals surface area contributed by atoms with Crippen molar-refractivity contribution in [1.82, 2.24) is 10.2 Å². The molecule has 0 saturated carbocycles. The summed E-state index contributed by atoms with van der Waals surface area (Å²) in [5.74, 6) is -0.892. The molecule has 0 fully saturated rings. The van der Waals surface area contributed by atoms with E-state index in [9.17, 15) is 18.0 Å². The zero-order chi connectivity index (χ0) is 29.3. The smallest absolute Gasteiger partial charge is 0.264 e. The average molecular weight is 625 g/mol. The summed E-state index contributed by atoms with van der Waals surface area (Å²) < 4.78 is 28.6. The Morgan fingerprint density at radius 3 is 2.15 bits per heavy atom. The van der Waals surface area contributed by atoms with E-state index in [1.165, 1.54) is 29.2 Å². The molecule has 0 radical (unpaired) electrons. The fourth-order valence-electron chi connectivity index (χ4n) is 4.11. The van der Waals surface area contributed by atoms with Crippen molar-refractivity contribution in [3.63, 3.8) is 0 Å². The van der Waals surface area contributed by atoms with Crippen molar-refractivity contribution in [2.75, 3.05) is 17.4 Å². The molecule has 3 aromatic rings. The maximum absolute atomic E-state index is 14.0. The summed E-state index contributed by atoms with van der Waals surface area (Å²) in [5, 5.41) is 4.07. The van der Waals surface area contributed by atoms with Gasteiger partial charge in [0, 0.05) is 28.2 Å². The van der Waals surface area contributed by atoms with E-state index >= 15 is 0 Å². The third-order valence-electron chi connectivity index (χ3n) is 6.30. The molecule has 0 saturated heterocycles. The van der Waals surface area contributed by atoms with Gasteiger partial charge in [-0.1, -0.05) is 79.3 Å². The van der Waals surface area contributed by atoms with E-state index in [-0.39, 0.29) is 23.0 Å². The molecule has 0 aliphatic rings. The van der Waals surface area contributed by atoms with Crippen LogP contribution in [-0.4, -0.2) is 44.3 Å². The Hall–Kier alpha value is -2.78. The molecule has 2 amide bonds. The standard InChI is InChI=1S/C29H32Cl3N3O4S/c1-3-5-17-33-29(37)27(4-2)34(19-21-11-12-23(31)18-26(21)32)28(36)20-35(24-15-13-22(30)14-16-24)40(38,39)25-9-7-6-8-10-25/h6-16,18,27H,3-5,17,19-20H2,1-2H3,(H,33,37)/t27-/m0/s1. The number of anilines is 1. The minimum absolute atomic E-state index is 0.0195. The first-order chi connectivity index (χ1) is 19.1. The lowest BCUT2D eigenvalue weighted by Gasteiger charge is -2.33. The number of benzene rings is 3. The number of carbonyl (C=O) groups excluding carboxylic acids is 2. The second-order valence-corrected chi connectivity index (χ2v) is 12.3. The van der Waals surface area contributed by atoms with Gasteiger partial charge in [-0.05, 0) is 66.9 Å². The SMILES string of the molecule is CCCCNC(=O)[C@H](CC)N(Cc1ccc(Cl)cc1Cl)C(=O)CN(c1ccc(Cl)cc1)S(=O)(=O)c1ccccc1. The number of rotatable bonds is 13. The third-order valence-corrected chi connectivity index (χ3v) is 8.92. The van der Waals surface area contributed by atoms with Gasteiger partial charge >= 0.3 is 0 Å². The van der Waals surface area contributed by atoms with Crippen LogP contribution in [0.5, 0.6) is 0 Å². The zero-order valence-corrected chi connectivity index (χ0v) is 25.4. The number of carbonyl (C=O) groups is 2. The summed E-state index contributed by atoms with van der Waals surface area (Å²) in [6.07, 6.45) is 1.99. The van der Waals surface area contributed by atoms with Crippen LogP contribution in [0.1, 0.15) is 38.7 Å². The van der Waals surface area contributed by atoms with Gasteiger partial charge in [-0.15, -0.1) is 0 Å². The minimum Gasteiger partial charge on any atom is -0.354 e. The van der Waals surface area contributed by atoms with E-state index in [1.807, 2.05) is 6.92 Å². The van der Waals surface area contributed by atoms with Crippen molar-refractivity contribution in [2.24, 2.45) is 0 Å². The molecular formula is C29H32Cl3N3O4S. The van der Waals surface area contributed by atoms with E-state index < -0.39 is 28.5 Å². The van der Waals surface area contributed by atoms with Gasteiger partial charge in [0.25, 0.3) is 10.0 Å². The normalized spacial score (nSPS) is 12.0. The second kappa shape index (κ2) is 14.7. The number of sulfonamides is 1. The van der Waals surface area contributed by atoms with Crippen LogP contribution in [0.25, 0.3) is 0 Å². The van der Waals surface area contributed by atoms with Crippen LogP contribution < -0.4 is 9.62 Å². The minimum atomic E-state index is -4.15. The first-order valence-electron chi connectivity index (χ1n) is 12.9. The molecule has 0 bridgehead atoms. The Morgan fingerprint density at radius 1 is 0.900 bits per heavy atom. The molecule has 7 nitrogen and oxygen atoms in total. The molecule has 3 aromatic carbocycles. The van der Waals surface area contributed by atoms with Crippen LogP contribution in [0.15, 0.2) is 77.7 Å². The lowest BCUT2D eigenvalue weighted by Crippen LogP contribution is -2.52. The predicted molar refractivity (Wildman–Crippen MR) is 161 cm³/mol. The van der Waals surface area contributed by atoms with Crippen molar-refractivity contribution >= 4 is 62.3 Å². The fourth-order valence-corrected chi connectivity index (χ4v) is 6.14. The van der Waals surface area contributed by atoms with Crippen molar-refractivity contribution < 1.29 is 18.0 Å². The molecule has 3 rings (SSSR count). The van der Waals surface area contributed by atoms with Crippen molar-refractivity contribution in [3.8, 4) is 0 Å². The van der Waals surface area contributed by atoms with E-state index in [0.29, 0.717) is 33.6 Å². The number of nitrogens with one attached hydrogen (secondary N) is 1. The van der Waals surface area contributed by atoms with Gasteiger partial charge in [-0.2, -0.15) is 0 Å². The van der Waals surface area contributed by atoms with Crippen molar-refractivity contribution in [2.45, 2.75) is 50.6 Å². The third kappa shape index (κ3) is 8.13. The van der Waals surface area contributed by atoms with E-state index in [1.54, 1.807) is 55.5 Å². The Balaban J connectivity index is 2.04. The molecule has 0 spiro atoms.